The van der Waals surface area contributed by atoms with Gasteiger partial charge in [0.15, 0.2) is 0 Å². The van der Waals surface area contributed by atoms with Crippen LogP contribution in [0.2, 0.25) is 0 Å². The summed E-state index contributed by atoms with van der Waals surface area (Å²) in [6, 6.07) is 9.76. The maximum absolute atomic E-state index is 14.1. The maximum Gasteiger partial charge on any atom is 0.255 e. The summed E-state index contributed by atoms with van der Waals surface area (Å²) >= 11 is 0. The maximum atomic E-state index is 14.1. The first kappa shape index (κ1) is 21.6. The van der Waals surface area contributed by atoms with Gasteiger partial charge in [-0.25, -0.2) is 4.39 Å². The highest BCUT2D eigenvalue weighted by molar-refractivity contribution is 6.07. The van der Waals surface area contributed by atoms with Crippen LogP contribution in [-0.2, 0) is 0 Å². The third-order valence-electron chi connectivity index (χ3n) is 4.77. The van der Waals surface area contributed by atoms with Crippen LogP contribution in [0.5, 0.6) is 0 Å². The molecule has 0 aliphatic rings. The lowest BCUT2D eigenvalue weighted by atomic mass is 10.0. The van der Waals surface area contributed by atoms with Crippen LogP contribution in [0.1, 0.15) is 38.1 Å². The van der Waals surface area contributed by atoms with Gasteiger partial charge >= 0.3 is 0 Å². The number of nitrogens with one attached hydrogen (secondary N) is 2. The van der Waals surface area contributed by atoms with E-state index in [9.17, 15) is 14.3 Å². The predicted octanol–water partition coefficient (Wildman–Crippen LogP) is 3.96. The van der Waals surface area contributed by atoms with Gasteiger partial charge in [0.25, 0.3) is 5.91 Å². The molecule has 0 radical (unpaired) electrons. The fourth-order valence-corrected chi connectivity index (χ4v) is 3.06. The molecule has 1 amide bonds. The third-order valence-corrected chi connectivity index (χ3v) is 4.77. The summed E-state index contributed by atoms with van der Waals surface area (Å²) in [6.45, 7) is 6.40. The molecular weight excluding hydrogens is 383 g/mol. The molecule has 3 N–H and O–H groups in total. The summed E-state index contributed by atoms with van der Waals surface area (Å²) in [6.07, 6.45) is 3.36. The molecule has 0 fully saturated rings. The van der Waals surface area contributed by atoms with E-state index in [4.69, 9.17) is 0 Å². The van der Waals surface area contributed by atoms with Crippen LogP contribution in [-0.4, -0.2) is 45.3 Å². The number of carbonyl (C=O) groups excluding carboxylic acids is 1. The van der Waals surface area contributed by atoms with Crippen molar-refractivity contribution in [2.45, 2.75) is 45.5 Å². The van der Waals surface area contributed by atoms with Crippen LogP contribution < -0.4 is 10.6 Å². The topological polar surface area (TPSA) is 87.1 Å². The van der Waals surface area contributed by atoms with Crippen LogP contribution in [0.4, 0.5) is 10.1 Å². The molecule has 0 saturated carbocycles. The van der Waals surface area contributed by atoms with Gasteiger partial charge in [0.2, 0.25) is 0 Å². The smallest absolute Gasteiger partial charge is 0.255 e. The van der Waals surface area contributed by atoms with Gasteiger partial charge in [-0.1, -0.05) is 6.07 Å². The third kappa shape index (κ3) is 4.91. The lowest BCUT2D eigenvalue weighted by Crippen LogP contribution is -2.42. The van der Waals surface area contributed by atoms with E-state index >= 15 is 0 Å². The quantitative estimate of drug-likeness (QED) is 0.549. The minimum Gasteiger partial charge on any atom is -0.387 e. The molecule has 158 valence electrons. The van der Waals surface area contributed by atoms with Crippen molar-refractivity contribution >= 4 is 22.5 Å². The molecule has 0 aliphatic heterocycles. The van der Waals surface area contributed by atoms with Crippen LogP contribution in [0, 0.1) is 0 Å². The summed E-state index contributed by atoms with van der Waals surface area (Å²) in [7, 11) is 0. The minimum atomic E-state index is -1.59. The van der Waals surface area contributed by atoms with E-state index in [-0.39, 0.29) is 12.6 Å². The zero-order valence-electron chi connectivity index (χ0n) is 17.6. The second-order valence-corrected chi connectivity index (χ2v) is 8.14. The van der Waals surface area contributed by atoms with Gasteiger partial charge in [0.05, 0.1) is 28.9 Å². The van der Waals surface area contributed by atoms with Crippen LogP contribution in [0.3, 0.4) is 0 Å². The van der Waals surface area contributed by atoms with Crippen LogP contribution >= 0.6 is 0 Å². The average molecular weight is 410 g/mol. The minimum absolute atomic E-state index is 0.0667. The number of benzene rings is 1. The lowest BCUT2D eigenvalue weighted by Gasteiger charge is -2.23. The summed E-state index contributed by atoms with van der Waals surface area (Å²) in [5.41, 5.74) is 2.15. The van der Waals surface area contributed by atoms with Crippen molar-refractivity contribution in [3.8, 4) is 11.1 Å². The molecular formula is C23H27FN4O2. The molecule has 2 heterocycles. The Hall–Kier alpha value is -3.06. The van der Waals surface area contributed by atoms with Gasteiger partial charge in [-0.3, -0.25) is 14.8 Å². The monoisotopic (exact) mass is 410 g/mol. The summed E-state index contributed by atoms with van der Waals surface area (Å²) in [5, 5.41) is 16.5. The van der Waals surface area contributed by atoms with E-state index in [1.807, 2.05) is 44.2 Å². The Kier molecular flexibility index (Phi) is 6.31. The molecule has 6 nitrogen and oxygen atoms in total. The molecule has 0 spiro atoms. The molecule has 3 rings (SSSR count). The molecule has 30 heavy (non-hydrogen) atoms. The largest absolute Gasteiger partial charge is 0.387 e. The molecule has 2 aromatic heterocycles. The molecule has 7 heteroatoms. The van der Waals surface area contributed by atoms with Gasteiger partial charge in [0.1, 0.15) is 6.17 Å². The Morgan fingerprint density at radius 2 is 1.87 bits per heavy atom. The van der Waals surface area contributed by atoms with E-state index in [0.717, 1.165) is 22.0 Å². The average Bonchev–Trinajstić information content (AvgIpc) is 2.71. The second kappa shape index (κ2) is 8.75. The van der Waals surface area contributed by atoms with E-state index in [0.29, 0.717) is 11.3 Å². The van der Waals surface area contributed by atoms with Crippen molar-refractivity contribution in [1.29, 1.82) is 0 Å². The number of pyridine rings is 2. The number of alkyl halides is 1. The van der Waals surface area contributed by atoms with Crippen LogP contribution in [0.25, 0.3) is 22.0 Å². The highest BCUT2D eigenvalue weighted by Crippen LogP contribution is 2.31. The van der Waals surface area contributed by atoms with E-state index in [2.05, 4.69) is 20.6 Å². The van der Waals surface area contributed by atoms with Crippen molar-refractivity contribution in [2.24, 2.45) is 0 Å². The number of rotatable bonds is 7. The SMILES string of the molecule is CC(C)Nc1c(C(=O)NC[C@@H](F)C(C)(C)O)cnc2ccc(-c3ccncc3)cc12. The van der Waals surface area contributed by atoms with Crippen molar-refractivity contribution < 1.29 is 14.3 Å². The van der Waals surface area contributed by atoms with Gasteiger partial charge in [-0.05, 0) is 63.1 Å². The van der Waals surface area contributed by atoms with Crippen molar-refractivity contribution in [3.05, 3.63) is 54.5 Å². The van der Waals surface area contributed by atoms with E-state index in [1.165, 1.54) is 20.0 Å². The number of hydrogen-bond acceptors (Lipinski definition) is 5. The Balaban J connectivity index is 2.02. The fourth-order valence-electron chi connectivity index (χ4n) is 3.06. The number of amides is 1. The van der Waals surface area contributed by atoms with E-state index in [1.54, 1.807) is 12.4 Å². The summed E-state index contributed by atoms with van der Waals surface area (Å²) < 4.78 is 14.1. The Morgan fingerprint density at radius 1 is 1.17 bits per heavy atom. The molecule has 0 unspecified atom stereocenters. The molecule has 0 bridgehead atoms. The highest BCUT2D eigenvalue weighted by atomic mass is 19.1. The predicted molar refractivity (Wildman–Crippen MR) is 117 cm³/mol. The Labute approximate surface area is 175 Å². The van der Waals surface area contributed by atoms with Crippen molar-refractivity contribution in [3.63, 3.8) is 0 Å². The van der Waals surface area contributed by atoms with E-state index < -0.39 is 17.7 Å². The van der Waals surface area contributed by atoms with Crippen molar-refractivity contribution in [2.75, 3.05) is 11.9 Å². The fraction of sp³-hybridized carbons (Fsp3) is 0.348. The number of halogens is 1. The summed E-state index contributed by atoms with van der Waals surface area (Å²) in [5.74, 6) is -0.450. The molecule has 0 aliphatic carbocycles. The number of nitrogens with zero attached hydrogens (tertiary/aromatic N) is 2. The lowest BCUT2D eigenvalue weighted by molar-refractivity contribution is -0.00177. The zero-order valence-corrected chi connectivity index (χ0v) is 17.6. The number of fused-ring (bicyclic) bond motifs is 1. The molecule has 1 atom stereocenters. The summed E-state index contributed by atoms with van der Waals surface area (Å²) in [4.78, 5) is 21.3. The number of aromatic nitrogens is 2. The first-order chi connectivity index (χ1) is 14.2. The normalized spacial score (nSPS) is 12.8. The first-order valence-corrected chi connectivity index (χ1v) is 9.91. The second-order valence-electron chi connectivity index (χ2n) is 8.14. The number of carbonyl (C=O) groups is 1. The number of aliphatic hydroxyl groups is 1. The Bertz CT molecular complexity index is 1030. The van der Waals surface area contributed by atoms with Crippen molar-refractivity contribution in [1.82, 2.24) is 15.3 Å². The van der Waals surface area contributed by atoms with Gasteiger partial charge in [-0.2, -0.15) is 0 Å². The number of hydrogen-bond donors (Lipinski definition) is 3. The van der Waals surface area contributed by atoms with Gasteiger partial charge < -0.3 is 15.7 Å². The highest BCUT2D eigenvalue weighted by Gasteiger charge is 2.27. The Morgan fingerprint density at radius 3 is 2.50 bits per heavy atom. The molecule has 1 aromatic carbocycles. The molecule has 3 aromatic rings. The zero-order chi connectivity index (χ0) is 21.9. The standard InChI is InChI=1S/C23H27FN4O2/c1-14(2)28-21-17-11-16(15-7-9-25-10-8-15)5-6-19(17)26-12-18(21)22(29)27-13-20(24)23(3,4)30/h5-12,14,20,30H,13H2,1-4H3,(H,26,28)(H,27,29)/t20-/m1/s1. The first-order valence-electron chi connectivity index (χ1n) is 9.91. The van der Waals surface area contributed by atoms with Gasteiger partial charge in [0, 0.05) is 30.0 Å². The van der Waals surface area contributed by atoms with Crippen LogP contribution in [0.15, 0.2) is 48.9 Å². The molecule has 0 saturated heterocycles. The van der Waals surface area contributed by atoms with Gasteiger partial charge in [-0.15, -0.1) is 0 Å². The number of anilines is 1.